The van der Waals surface area contributed by atoms with Crippen molar-refractivity contribution in [1.29, 1.82) is 0 Å². The molecule has 116 valence electrons. The molecule has 23 heavy (non-hydrogen) atoms. The van der Waals surface area contributed by atoms with Crippen LogP contribution in [0.25, 0.3) is 0 Å². The van der Waals surface area contributed by atoms with Gasteiger partial charge in [-0.1, -0.05) is 46.3 Å². The second kappa shape index (κ2) is 5.49. The van der Waals surface area contributed by atoms with Crippen LogP contribution in [0.4, 0.5) is 11.4 Å². The third-order valence-corrected chi connectivity index (χ3v) is 5.29. The lowest BCUT2D eigenvalue weighted by molar-refractivity contribution is -0.385. The molecule has 1 heterocycles. The number of para-hydroxylation sites is 1. The van der Waals surface area contributed by atoms with Gasteiger partial charge in [0.2, 0.25) is 0 Å². The molecule has 5 heteroatoms. The first-order valence-corrected chi connectivity index (χ1v) is 8.40. The van der Waals surface area contributed by atoms with E-state index in [9.17, 15) is 10.1 Å². The topological polar surface area (TPSA) is 55.2 Å². The van der Waals surface area contributed by atoms with E-state index >= 15 is 0 Å². The molecule has 0 radical (unpaired) electrons. The molecule has 3 unspecified atom stereocenters. The SMILES string of the molecule is O=[N+]([O-])c1ccccc1C1Nc2ccc(Br)cc2C2C=CCC21. The summed E-state index contributed by atoms with van der Waals surface area (Å²) in [5, 5.41) is 14.9. The Bertz CT molecular complexity index is 818. The van der Waals surface area contributed by atoms with Crippen molar-refractivity contribution < 1.29 is 4.92 Å². The van der Waals surface area contributed by atoms with Crippen LogP contribution in [0.1, 0.15) is 29.5 Å². The number of halogens is 1. The predicted molar refractivity (Wildman–Crippen MR) is 93.6 cm³/mol. The van der Waals surface area contributed by atoms with Crippen LogP contribution in [0, 0.1) is 16.0 Å². The average molecular weight is 371 g/mol. The minimum absolute atomic E-state index is 0.0507. The fourth-order valence-electron chi connectivity index (χ4n) is 3.79. The van der Waals surface area contributed by atoms with Gasteiger partial charge in [0.25, 0.3) is 5.69 Å². The van der Waals surface area contributed by atoms with Crippen LogP contribution in [0.2, 0.25) is 0 Å². The lowest BCUT2D eigenvalue weighted by Gasteiger charge is -2.37. The quantitative estimate of drug-likeness (QED) is 0.449. The maximum absolute atomic E-state index is 11.4. The highest BCUT2D eigenvalue weighted by atomic mass is 79.9. The summed E-state index contributed by atoms with van der Waals surface area (Å²) in [6.45, 7) is 0. The van der Waals surface area contributed by atoms with Crippen LogP contribution in [-0.2, 0) is 0 Å². The Labute approximate surface area is 142 Å². The first-order chi connectivity index (χ1) is 11.1. The number of allylic oxidation sites excluding steroid dienone is 2. The Balaban J connectivity index is 1.83. The second-order valence-electron chi connectivity index (χ2n) is 6.02. The van der Waals surface area contributed by atoms with Crippen LogP contribution in [0.15, 0.2) is 59.1 Å². The summed E-state index contributed by atoms with van der Waals surface area (Å²) in [7, 11) is 0. The molecule has 1 aliphatic carbocycles. The van der Waals surface area contributed by atoms with E-state index in [4.69, 9.17) is 0 Å². The van der Waals surface area contributed by atoms with Crippen molar-refractivity contribution in [3.05, 3.63) is 80.3 Å². The van der Waals surface area contributed by atoms with Gasteiger partial charge in [-0.25, -0.2) is 0 Å². The number of nitrogens with zero attached hydrogens (tertiary/aromatic N) is 1. The average Bonchev–Trinajstić information content (AvgIpc) is 3.04. The molecular weight excluding hydrogens is 356 g/mol. The number of nitro groups is 1. The molecule has 0 fully saturated rings. The molecule has 2 aromatic rings. The number of fused-ring (bicyclic) bond motifs is 3. The number of nitro benzene ring substituents is 1. The normalized spacial score (nSPS) is 24.7. The van der Waals surface area contributed by atoms with Gasteiger partial charge in [0, 0.05) is 22.1 Å². The minimum atomic E-state index is -0.286. The smallest absolute Gasteiger partial charge is 0.274 e. The van der Waals surface area contributed by atoms with Crippen molar-refractivity contribution in [3.63, 3.8) is 0 Å². The second-order valence-corrected chi connectivity index (χ2v) is 6.94. The Morgan fingerprint density at radius 1 is 1.17 bits per heavy atom. The van der Waals surface area contributed by atoms with Gasteiger partial charge in [-0.15, -0.1) is 0 Å². The summed E-state index contributed by atoms with van der Waals surface area (Å²) < 4.78 is 1.06. The molecule has 1 aliphatic heterocycles. The van der Waals surface area contributed by atoms with E-state index in [1.807, 2.05) is 24.3 Å². The van der Waals surface area contributed by atoms with Crippen LogP contribution in [0.3, 0.4) is 0 Å². The monoisotopic (exact) mass is 370 g/mol. The van der Waals surface area contributed by atoms with E-state index in [1.54, 1.807) is 12.1 Å². The zero-order chi connectivity index (χ0) is 16.0. The molecule has 0 spiro atoms. The van der Waals surface area contributed by atoms with Gasteiger partial charge in [-0.2, -0.15) is 0 Å². The summed E-state index contributed by atoms with van der Waals surface area (Å²) in [6.07, 6.45) is 5.35. The van der Waals surface area contributed by atoms with E-state index in [2.05, 4.69) is 39.5 Å². The first-order valence-electron chi connectivity index (χ1n) is 7.61. The summed E-state index contributed by atoms with van der Waals surface area (Å²) >= 11 is 3.54. The number of anilines is 1. The summed E-state index contributed by atoms with van der Waals surface area (Å²) in [6, 6.07) is 13.2. The third kappa shape index (κ3) is 2.36. The molecule has 0 saturated carbocycles. The van der Waals surface area contributed by atoms with Crippen LogP contribution < -0.4 is 5.32 Å². The first kappa shape index (κ1) is 14.5. The zero-order valence-corrected chi connectivity index (χ0v) is 13.9. The lowest BCUT2D eigenvalue weighted by atomic mass is 9.77. The minimum Gasteiger partial charge on any atom is -0.377 e. The maximum Gasteiger partial charge on any atom is 0.274 e. The van der Waals surface area contributed by atoms with Gasteiger partial charge in [0.1, 0.15) is 0 Å². The summed E-state index contributed by atoms with van der Waals surface area (Å²) in [4.78, 5) is 11.1. The Kier molecular flexibility index (Phi) is 3.45. The van der Waals surface area contributed by atoms with Crippen molar-refractivity contribution in [3.8, 4) is 0 Å². The number of hydrogen-bond donors (Lipinski definition) is 1. The van der Waals surface area contributed by atoms with Gasteiger partial charge in [0.15, 0.2) is 0 Å². The Morgan fingerprint density at radius 2 is 2.00 bits per heavy atom. The molecule has 0 aromatic heterocycles. The van der Waals surface area contributed by atoms with Crippen molar-refractivity contribution in [2.75, 3.05) is 5.32 Å². The standard InChI is InChI=1S/C18H15BrN2O2/c19-11-8-9-16-15(10-11)12-5-3-6-13(12)18(20-16)14-4-1-2-7-17(14)21(22)23/h1-5,7-10,12-13,18,20H,6H2. The fourth-order valence-corrected chi connectivity index (χ4v) is 4.17. The fraction of sp³-hybridized carbons (Fsp3) is 0.222. The predicted octanol–water partition coefficient (Wildman–Crippen LogP) is 5.18. The van der Waals surface area contributed by atoms with Gasteiger partial charge >= 0.3 is 0 Å². The van der Waals surface area contributed by atoms with E-state index < -0.39 is 0 Å². The summed E-state index contributed by atoms with van der Waals surface area (Å²) in [5.41, 5.74) is 3.28. The molecule has 3 atom stereocenters. The van der Waals surface area contributed by atoms with Gasteiger partial charge in [-0.3, -0.25) is 10.1 Å². The third-order valence-electron chi connectivity index (χ3n) is 4.79. The van der Waals surface area contributed by atoms with Gasteiger partial charge in [0.05, 0.1) is 16.5 Å². The highest BCUT2D eigenvalue weighted by molar-refractivity contribution is 9.10. The van der Waals surface area contributed by atoms with E-state index in [0.29, 0.717) is 11.8 Å². The summed E-state index contributed by atoms with van der Waals surface area (Å²) in [5.74, 6) is 0.603. The highest BCUT2D eigenvalue weighted by Crippen LogP contribution is 2.51. The molecule has 0 bridgehead atoms. The molecule has 0 amide bonds. The van der Waals surface area contributed by atoms with Crippen molar-refractivity contribution in [2.45, 2.75) is 18.4 Å². The number of nitrogens with one attached hydrogen (secondary N) is 1. The van der Waals surface area contributed by atoms with Crippen LogP contribution >= 0.6 is 15.9 Å². The lowest BCUT2D eigenvalue weighted by Crippen LogP contribution is -2.29. The van der Waals surface area contributed by atoms with Crippen LogP contribution in [-0.4, -0.2) is 4.92 Å². The molecular formula is C18H15BrN2O2. The number of benzene rings is 2. The molecule has 4 rings (SSSR count). The van der Waals surface area contributed by atoms with E-state index in [-0.39, 0.29) is 16.7 Å². The number of hydrogen-bond acceptors (Lipinski definition) is 3. The van der Waals surface area contributed by atoms with E-state index in [1.165, 1.54) is 5.56 Å². The highest BCUT2D eigenvalue weighted by Gasteiger charge is 2.40. The van der Waals surface area contributed by atoms with Crippen molar-refractivity contribution in [2.24, 2.45) is 5.92 Å². The van der Waals surface area contributed by atoms with Gasteiger partial charge in [-0.05, 0) is 36.1 Å². The van der Waals surface area contributed by atoms with Crippen molar-refractivity contribution >= 4 is 27.3 Å². The Hall–Kier alpha value is -2.14. The largest absolute Gasteiger partial charge is 0.377 e. The molecule has 4 nitrogen and oxygen atoms in total. The van der Waals surface area contributed by atoms with E-state index in [0.717, 1.165) is 22.1 Å². The molecule has 1 N–H and O–H groups in total. The number of rotatable bonds is 2. The van der Waals surface area contributed by atoms with Crippen LogP contribution in [0.5, 0.6) is 0 Å². The zero-order valence-electron chi connectivity index (χ0n) is 12.3. The molecule has 0 saturated heterocycles. The maximum atomic E-state index is 11.4. The van der Waals surface area contributed by atoms with Gasteiger partial charge < -0.3 is 5.32 Å². The van der Waals surface area contributed by atoms with Crippen molar-refractivity contribution in [1.82, 2.24) is 0 Å². The Morgan fingerprint density at radius 3 is 2.83 bits per heavy atom. The molecule has 2 aliphatic rings. The molecule has 2 aromatic carbocycles.